The van der Waals surface area contributed by atoms with Gasteiger partial charge in [-0.1, -0.05) is 12.1 Å². The summed E-state index contributed by atoms with van der Waals surface area (Å²) in [5.74, 6) is 0.544. The first kappa shape index (κ1) is 13.1. The number of aromatic nitrogens is 2. The van der Waals surface area contributed by atoms with Gasteiger partial charge in [0, 0.05) is 24.5 Å². The predicted octanol–water partition coefficient (Wildman–Crippen LogP) is 2.99. The summed E-state index contributed by atoms with van der Waals surface area (Å²) < 4.78 is 1.72. The van der Waals surface area contributed by atoms with E-state index in [1.165, 1.54) is 0 Å². The fourth-order valence-electron chi connectivity index (χ4n) is 1.78. The lowest BCUT2D eigenvalue weighted by Crippen LogP contribution is -2.20. The largest absolute Gasteiger partial charge is 0.324 e. The number of urea groups is 1. The summed E-state index contributed by atoms with van der Waals surface area (Å²) in [7, 11) is 1.84. The second-order valence-corrected chi connectivity index (χ2v) is 4.62. The SMILES string of the molecule is Cc1cccc(NC(=O)Nc2cc(C)n(C)n2)c1C. The highest BCUT2D eigenvalue weighted by Crippen LogP contribution is 2.18. The smallest absolute Gasteiger partial charge is 0.307 e. The van der Waals surface area contributed by atoms with Gasteiger partial charge in [0.1, 0.15) is 0 Å². The third-order valence-corrected chi connectivity index (χ3v) is 3.21. The van der Waals surface area contributed by atoms with Crippen molar-refractivity contribution in [3.05, 3.63) is 41.1 Å². The third-order valence-electron chi connectivity index (χ3n) is 3.21. The van der Waals surface area contributed by atoms with Crippen molar-refractivity contribution >= 4 is 17.5 Å². The molecule has 0 aliphatic carbocycles. The molecule has 100 valence electrons. The maximum atomic E-state index is 11.9. The summed E-state index contributed by atoms with van der Waals surface area (Å²) in [6, 6.07) is 7.35. The van der Waals surface area contributed by atoms with Crippen molar-refractivity contribution in [2.75, 3.05) is 10.6 Å². The zero-order valence-electron chi connectivity index (χ0n) is 11.6. The monoisotopic (exact) mass is 258 g/mol. The van der Waals surface area contributed by atoms with E-state index in [0.717, 1.165) is 22.5 Å². The summed E-state index contributed by atoms with van der Waals surface area (Å²) >= 11 is 0. The van der Waals surface area contributed by atoms with Crippen molar-refractivity contribution in [3.8, 4) is 0 Å². The van der Waals surface area contributed by atoms with Crippen LogP contribution in [0, 0.1) is 20.8 Å². The van der Waals surface area contributed by atoms with Crippen LogP contribution in [0.3, 0.4) is 0 Å². The minimum atomic E-state index is -0.285. The summed E-state index contributed by atoms with van der Waals surface area (Å²) in [4.78, 5) is 11.9. The number of carbonyl (C=O) groups excluding carboxylic acids is 1. The van der Waals surface area contributed by atoms with E-state index >= 15 is 0 Å². The van der Waals surface area contributed by atoms with Crippen molar-refractivity contribution in [1.82, 2.24) is 9.78 Å². The molecule has 0 unspecified atom stereocenters. The Morgan fingerprint density at radius 3 is 2.58 bits per heavy atom. The van der Waals surface area contributed by atoms with Crippen LogP contribution in [0.4, 0.5) is 16.3 Å². The molecule has 0 aliphatic rings. The molecule has 0 spiro atoms. The van der Waals surface area contributed by atoms with E-state index in [4.69, 9.17) is 0 Å². The molecular formula is C14H18N4O. The highest BCUT2D eigenvalue weighted by Gasteiger charge is 2.08. The number of hydrogen-bond acceptors (Lipinski definition) is 2. The van der Waals surface area contributed by atoms with Gasteiger partial charge in [-0.3, -0.25) is 10.00 Å². The minimum Gasteiger partial charge on any atom is -0.307 e. The van der Waals surface area contributed by atoms with Crippen molar-refractivity contribution in [2.45, 2.75) is 20.8 Å². The molecule has 2 N–H and O–H groups in total. The molecule has 0 atom stereocenters. The van der Waals surface area contributed by atoms with Gasteiger partial charge in [0.15, 0.2) is 5.82 Å². The quantitative estimate of drug-likeness (QED) is 0.870. The zero-order valence-corrected chi connectivity index (χ0v) is 11.6. The van der Waals surface area contributed by atoms with Gasteiger partial charge in [-0.2, -0.15) is 5.10 Å². The number of hydrogen-bond donors (Lipinski definition) is 2. The fourth-order valence-corrected chi connectivity index (χ4v) is 1.78. The molecule has 1 aromatic carbocycles. The maximum absolute atomic E-state index is 11.9. The highest BCUT2D eigenvalue weighted by molar-refractivity contribution is 5.99. The summed E-state index contributed by atoms with van der Waals surface area (Å²) in [5, 5.41) is 9.72. The van der Waals surface area contributed by atoms with Gasteiger partial charge in [0.25, 0.3) is 0 Å². The lowest BCUT2D eigenvalue weighted by Gasteiger charge is -2.10. The summed E-state index contributed by atoms with van der Waals surface area (Å²) in [6.07, 6.45) is 0. The van der Waals surface area contributed by atoms with Crippen LogP contribution in [0.2, 0.25) is 0 Å². The molecule has 0 radical (unpaired) electrons. The molecule has 0 saturated carbocycles. The molecule has 2 aromatic rings. The number of carbonyl (C=O) groups is 1. The molecule has 5 nitrogen and oxygen atoms in total. The summed E-state index contributed by atoms with van der Waals surface area (Å²) in [6.45, 7) is 5.93. The number of benzene rings is 1. The second-order valence-electron chi connectivity index (χ2n) is 4.62. The van der Waals surface area contributed by atoms with Gasteiger partial charge in [-0.25, -0.2) is 4.79 Å². The van der Waals surface area contributed by atoms with Gasteiger partial charge in [-0.15, -0.1) is 0 Å². The van der Waals surface area contributed by atoms with Gasteiger partial charge in [0.2, 0.25) is 0 Å². The molecular weight excluding hydrogens is 240 g/mol. The van der Waals surface area contributed by atoms with Gasteiger partial charge in [0.05, 0.1) is 0 Å². The minimum absolute atomic E-state index is 0.285. The van der Waals surface area contributed by atoms with E-state index in [0.29, 0.717) is 5.82 Å². The Hall–Kier alpha value is -2.30. The van der Waals surface area contributed by atoms with Gasteiger partial charge < -0.3 is 5.32 Å². The van der Waals surface area contributed by atoms with Crippen molar-refractivity contribution in [3.63, 3.8) is 0 Å². The van der Waals surface area contributed by atoms with E-state index in [9.17, 15) is 4.79 Å². The molecule has 2 amide bonds. The van der Waals surface area contributed by atoms with Crippen LogP contribution in [0.5, 0.6) is 0 Å². The van der Waals surface area contributed by atoms with E-state index in [-0.39, 0.29) is 6.03 Å². The number of nitrogens with zero attached hydrogens (tertiary/aromatic N) is 2. The van der Waals surface area contributed by atoms with Gasteiger partial charge in [-0.05, 0) is 38.0 Å². The molecule has 0 fully saturated rings. The van der Waals surface area contributed by atoms with E-state index in [2.05, 4.69) is 15.7 Å². The number of anilines is 2. The van der Waals surface area contributed by atoms with Crippen molar-refractivity contribution in [2.24, 2.45) is 7.05 Å². The Morgan fingerprint density at radius 2 is 1.95 bits per heavy atom. The van der Waals surface area contributed by atoms with Crippen LogP contribution in [0.1, 0.15) is 16.8 Å². The summed E-state index contributed by atoms with van der Waals surface area (Å²) in [5.41, 5.74) is 4.01. The molecule has 19 heavy (non-hydrogen) atoms. The number of amides is 2. The zero-order chi connectivity index (χ0) is 14.0. The van der Waals surface area contributed by atoms with Crippen molar-refractivity contribution in [1.29, 1.82) is 0 Å². The first-order chi connectivity index (χ1) is 8.97. The molecule has 0 bridgehead atoms. The van der Waals surface area contributed by atoms with E-state index in [1.54, 1.807) is 4.68 Å². The Morgan fingerprint density at radius 1 is 1.21 bits per heavy atom. The fraction of sp³-hybridized carbons (Fsp3) is 0.286. The second kappa shape index (κ2) is 5.14. The molecule has 2 rings (SSSR count). The van der Waals surface area contributed by atoms with Crippen LogP contribution in [0.25, 0.3) is 0 Å². The Labute approximate surface area is 112 Å². The van der Waals surface area contributed by atoms with E-state index in [1.807, 2.05) is 52.1 Å². The maximum Gasteiger partial charge on any atom is 0.324 e. The third kappa shape index (κ3) is 2.93. The molecule has 1 aromatic heterocycles. The standard InChI is InChI=1S/C14H18N4O/c1-9-6-5-7-12(11(9)3)15-14(19)16-13-8-10(2)18(4)17-13/h5-8H,1-4H3,(H2,15,16,17,19). The molecule has 1 heterocycles. The Kier molecular flexibility index (Phi) is 3.55. The highest BCUT2D eigenvalue weighted by atomic mass is 16.2. The van der Waals surface area contributed by atoms with Crippen LogP contribution in [-0.2, 0) is 7.05 Å². The van der Waals surface area contributed by atoms with Crippen LogP contribution >= 0.6 is 0 Å². The van der Waals surface area contributed by atoms with E-state index < -0.39 is 0 Å². The first-order valence-electron chi connectivity index (χ1n) is 6.12. The van der Waals surface area contributed by atoms with Crippen molar-refractivity contribution < 1.29 is 4.79 Å². The van der Waals surface area contributed by atoms with Gasteiger partial charge >= 0.3 is 6.03 Å². The Bertz CT molecular complexity index is 596. The Balaban J connectivity index is 2.07. The van der Waals surface area contributed by atoms with Crippen LogP contribution < -0.4 is 10.6 Å². The lowest BCUT2D eigenvalue weighted by molar-refractivity contribution is 0.262. The number of nitrogens with one attached hydrogen (secondary N) is 2. The molecule has 0 saturated heterocycles. The predicted molar refractivity (Wildman–Crippen MR) is 76.5 cm³/mol. The van der Waals surface area contributed by atoms with Crippen LogP contribution in [-0.4, -0.2) is 15.8 Å². The number of aryl methyl sites for hydroxylation is 3. The molecule has 0 aliphatic heterocycles. The topological polar surface area (TPSA) is 59.0 Å². The molecule has 5 heteroatoms. The average molecular weight is 258 g/mol. The number of rotatable bonds is 2. The lowest BCUT2D eigenvalue weighted by atomic mass is 10.1. The normalized spacial score (nSPS) is 10.3. The average Bonchev–Trinajstić information content (AvgIpc) is 2.64. The first-order valence-corrected chi connectivity index (χ1v) is 6.12. The van der Waals surface area contributed by atoms with Crippen LogP contribution in [0.15, 0.2) is 24.3 Å².